The number of phenols is 1. The van der Waals surface area contributed by atoms with E-state index in [1.807, 2.05) is 18.2 Å². The predicted molar refractivity (Wildman–Crippen MR) is 128 cm³/mol. The zero-order valence-electron chi connectivity index (χ0n) is 20.7. The normalized spacial score (nSPS) is 25.6. The van der Waals surface area contributed by atoms with Crippen molar-refractivity contribution in [2.75, 3.05) is 14.2 Å². The largest absolute Gasteiger partial charge is 0.504 e. The van der Waals surface area contributed by atoms with Gasteiger partial charge < -0.3 is 44.5 Å². The van der Waals surface area contributed by atoms with E-state index in [0.717, 1.165) is 17.5 Å². The zero-order valence-corrected chi connectivity index (χ0v) is 20.7. The van der Waals surface area contributed by atoms with Gasteiger partial charge in [-0.15, -0.1) is 0 Å². The number of phenolic OH excluding ortho intramolecular Hbond substituents is 1. The summed E-state index contributed by atoms with van der Waals surface area (Å²) in [4.78, 5) is 11.3. The van der Waals surface area contributed by atoms with Crippen LogP contribution in [0.1, 0.15) is 25.0 Å². The molecule has 10 nitrogen and oxygen atoms in total. The molecule has 0 radical (unpaired) electrons. The second kappa shape index (κ2) is 11.8. The van der Waals surface area contributed by atoms with Crippen LogP contribution in [-0.2, 0) is 22.4 Å². The van der Waals surface area contributed by atoms with Crippen LogP contribution in [0.5, 0.6) is 23.0 Å². The summed E-state index contributed by atoms with van der Waals surface area (Å²) in [6.45, 7) is 4.26. The summed E-state index contributed by atoms with van der Waals surface area (Å²) in [6, 6.07) is 10.6. The van der Waals surface area contributed by atoms with Gasteiger partial charge in [-0.25, -0.2) is 4.79 Å². The number of carboxylic acid groups (broad SMARTS) is 1. The quantitative estimate of drug-likeness (QED) is 0.322. The van der Waals surface area contributed by atoms with Crippen LogP contribution >= 0.6 is 0 Å². The SMILES string of the molecule is COc1ccc(C[C@H](C)[C@H](C)Cc2ccc(O)c(O[C@@H]3O[C@H](C(=O)O)[C@@H](O)[C@H](O)[C@H]3O)c2)cc1OC. The van der Waals surface area contributed by atoms with Gasteiger partial charge in [-0.2, -0.15) is 0 Å². The number of aromatic hydroxyl groups is 1. The van der Waals surface area contributed by atoms with E-state index < -0.39 is 36.7 Å². The molecule has 198 valence electrons. The summed E-state index contributed by atoms with van der Waals surface area (Å²) in [5, 5.41) is 49.5. The van der Waals surface area contributed by atoms with E-state index in [0.29, 0.717) is 17.9 Å². The average Bonchev–Trinajstić information content (AvgIpc) is 2.85. The van der Waals surface area contributed by atoms with Gasteiger partial charge in [0, 0.05) is 0 Å². The fourth-order valence-electron chi connectivity index (χ4n) is 4.21. The number of carbonyl (C=O) groups is 1. The van der Waals surface area contributed by atoms with E-state index in [9.17, 15) is 30.3 Å². The first kappa shape index (κ1) is 27.5. The summed E-state index contributed by atoms with van der Waals surface area (Å²) in [5.74, 6) is 0.0694. The number of benzene rings is 2. The number of ether oxygens (including phenoxy) is 4. The first-order valence-electron chi connectivity index (χ1n) is 11.7. The lowest BCUT2D eigenvalue weighted by Crippen LogP contribution is -2.61. The van der Waals surface area contributed by atoms with E-state index in [2.05, 4.69) is 13.8 Å². The van der Waals surface area contributed by atoms with Crippen molar-refractivity contribution >= 4 is 5.97 Å². The van der Waals surface area contributed by atoms with E-state index in [4.69, 9.17) is 18.9 Å². The Labute approximate surface area is 209 Å². The second-order valence-corrected chi connectivity index (χ2v) is 9.21. The fraction of sp³-hybridized carbons (Fsp3) is 0.500. The minimum atomic E-state index is -1.83. The molecule has 5 N–H and O–H groups in total. The van der Waals surface area contributed by atoms with Crippen LogP contribution in [0.15, 0.2) is 36.4 Å². The average molecular weight is 507 g/mol. The molecule has 36 heavy (non-hydrogen) atoms. The van der Waals surface area contributed by atoms with Gasteiger partial charge in [0.15, 0.2) is 29.1 Å². The zero-order chi connectivity index (χ0) is 26.6. The number of hydrogen-bond acceptors (Lipinski definition) is 9. The van der Waals surface area contributed by atoms with Crippen molar-refractivity contribution in [3.63, 3.8) is 0 Å². The lowest BCUT2D eigenvalue weighted by molar-refractivity contribution is -0.271. The van der Waals surface area contributed by atoms with Crippen LogP contribution in [0.2, 0.25) is 0 Å². The molecule has 1 heterocycles. The Balaban J connectivity index is 1.69. The molecule has 10 heteroatoms. The second-order valence-electron chi connectivity index (χ2n) is 9.21. The highest BCUT2D eigenvalue weighted by atomic mass is 16.7. The van der Waals surface area contributed by atoms with Gasteiger partial charge in [-0.1, -0.05) is 26.0 Å². The molecule has 0 saturated carbocycles. The van der Waals surface area contributed by atoms with Gasteiger partial charge in [0.25, 0.3) is 0 Å². The minimum absolute atomic E-state index is 0.0379. The van der Waals surface area contributed by atoms with E-state index in [-0.39, 0.29) is 23.3 Å². The van der Waals surface area contributed by atoms with Gasteiger partial charge in [0.2, 0.25) is 6.29 Å². The van der Waals surface area contributed by atoms with Crippen molar-refractivity contribution in [3.8, 4) is 23.0 Å². The molecule has 0 aromatic heterocycles. The molecule has 0 bridgehead atoms. The minimum Gasteiger partial charge on any atom is -0.504 e. The molecule has 0 aliphatic carbocycles. The van der Waals surface area contributed by atoms with Crippen LogP contribution in [0.25, 0.3) is 0 Å². The van der Waals surface area contributed by atoms with E-state index >= 15 is 0 Å². The Kier molecular flexibility index (Phi) is 9.02. The molecule has 1 saturated heterocycles. The Morgan fingerprint density at radius 3 is 1.97 bits per heavy atom. The monoisotopic (exact) mass is 506 g/mol. The molecule has 2 aromatic rings. The molecular formula is C26H34O10. The van der Waals surface area contributed by atoms with Gasteiger partial charge in [-0.3, -0.25) is 0 Å². The van der Waals surface area contributed by atoms with Gasteiger partial charge in [0.05, 0.1) is 14.2 Å². The molecule has 1 aliphatic rings. The number of hydrogen-bond donors (Lipinski definition) is 5. The van der Waals surface area contributed by atoms with Crippen molar-refractivity contribution in [3.05, 3.63) is 47.5 Å². The van der Waals surface area contributed by atoms with Crippen LogP contribution in [0, 0.1) is 11.8 Å². The van der Waals surface area contributed by atoms with Crippen molar-refractivity contribution in [2.24, 2.45) is 11.8 Å². The van der Waals surface area contributed by atoms with Crippen molar-refractivity contribution < 1.29 is 49.3 Å². The third-order valence-corrected chi connectivity index (χ3v) is 6.62. The van der Waals surface area contributed by atoms with Crippen LogP contribution < -0.4 is 14.2 Å². The molecule has 3 rings (SSSR count). The molecule has 7 atom stereocenters. The molecule has 0 amide bonds. The summed E-state index contributed by atoms with van der Waals surface area (Å²) in [5.41, 5.74) is 1.95. The summed E-state index contributed by atoms with van der Waals surface area (Å²) in [6.07, 6.45) is -7.29. The number of carboxylic acids is 1. The van der Waals surface area contributed by atoms with Crippen LogP contribution in [-0.4, -0.2) is 76.4 Å². The maximum Gasteiger partial charge on any atom is 0.335 e. The highest BCUT2D eigenvalue weighted by Crippen LogP contribution is 2.34. The summed E-state index contributed by atoms with van der Waals surface area (Å²) >= 11 is 0. The van der Waals surface area contributed by atoms with E-state index in [1.165, 1.54) is 6.07 Å². The third kappa shape index (κ3) is 6.19. The Bertz CT molecular complexity index is 1040. The predicted octanol–water partition coefficient (Wildman–Crippen LogP) is 1.74. The molecule has 0 spiro atoms. The standard InChI is InChI=1S/C26H34O10/c1-13(14(2)10-16-6-8-18(33-3)20(12-16)34-4)9-15-5-7-17(27)19(11-15)35-26-23(30)21(28)22(29)24(36-26)25(31)32/h5-8,11-14,21-24,26-30H,9-10H2,1-4H3,(H,31,32)/t13-,14+,21+,22+,23-,24+,26-/m1/s1. The van der Waals surface area contributed by atoms with E-state index in [1.54, 1.807) is 26.4 Å². The van der Waals surface area contributed by atoms with Crippen molar-refractivity contribution in [1.82, 2.24) is 0 Å². The molecular weight excluding hydrogens is 472 g/mol. The first-order chi connectivity index (χ1) is 17.0. The number of aliphatic carboxylic acids is 1. The Hall–Kier alpha value is -3.05. The number of methoxy groups -OCH3 is 2. The molecule has 1 fully saturated rings. The Morgan fingerprint density at radius 2 is 1.42 bits per heavy atom. The lowest BCUT2D eigenvalue weighted by Gasteiger charge is -2.38. The van der Waals surface area contributed by atoms with Crippen molar-refractivity contribution in [2.45, 2.75) is 57.4 Å². The molecule has 0 unspecified atom stereocenters. The first-order valence-corrected chi connectivity index (χ1v) is 11.7. The van der Waals surface area contributed by atoms with Crippen LogP contribution in [0.4, 0.5) is 0 Å². The molecule has 1 aliphatic heterocycles. The maximum atomic E-state index is 11.3. The lowest BCUT2D eigenvalue weighted by atomic mass is 9.85. The highest BCUT2D eigenvalue weighted by molar-refractivity contribution is 5.73. The summed E-state index contributed by atoms with van der Waals surface area (Å²) < 4.78 is 21.4. The van der Waals surface area contributed by atoms with Gasteiger partial charge >= 0.3 is 5.97 Å². The van der Waals surface area contributed by atoms with Gasteiger partial charge in [-0.05, 0) is 60.1 Å². The highest BCUT2D eigenvalue weighted by Gasteiger charge is 2.48. The fourth-order valence-corrected chi connectivity index (χ4v) is 4.21. The number of aliphatic hydroxyl groups is 3. The van der Waals surface area contributed by atoms with Gasteiger partial charge in [0.1, 0.15) is 18.3 Å². The van der Waals surface area contributed by atoms with Crippen molar-refractivity contribution in [1.29, 1.82) is 0 Å². The molecule has 2 aromatic carbocycles. The van der Waals surface area contributed by atoms with Crippen LogP contribution in [0.3, 0.4) is 0 Å². The third-order valence-electron chi connectivity index (χ3n) is 6.62. The smallest absolute Gasteiger partial charge is 0.335 e. The summed E-state index contributed by atoms with van der Waals surface area (Å²) in [7, 11) is 3.19. The topological polar surface area (TPSA) is 155 Å². The maximum absolute atomic E-state index is 11.3. The number of aliphatic hydroxyl groups excluding tert-OH is 3. The number of rotatable bonds is 10. The Morgan fingerprint density at radius 1 is 0.861 bits per heavy atom.